The molecule has 202 valence electrons. The van der Waals surface area contributed by atoms with Crippen LogP contribution < -0.4 is 15.4 Å². The summed E-state index contributed by atoms with van der Waals surface area (Å²) in [5.41, 5.74) is 3.52. The van der Waals surface area contributed by atoms with Crippen molar-refractivity contribution in [2.24, 2.45) is 0 Å². The average Bonchev–Trinajstić information content (AvgIpc) is 3.44. The number of aromatic nitrogens is 2. The van der Waals surface area contributed by atoms with Crippen LogP contribution in [0.2, 0.25) is 0 Å². The maximum atomic E-state index is 13.3. The maximum Gasteiger partial charge on any atom is 0.251 e. The van der Waals surface area contributed by atoms with E-state index in [-0.39, 0.29) is 11.8 Å². The maximum absolute atomic E-state index is 13.3. The molecule has 39 heavy (non-hydrogen) atoms. The van der Waals surface area contributed by atoms with Crippen molar-refractivity contribution in [1.82, 2.24) is 15.5 Å². The van der Waals surface area contributed by atoms with E-state index in [1.165, 1.54) is 36.2 Å². The van der Waals surface area contributed by atoms with Crippen LogP contribution >= 0.6 is 11.3 Å². The van der Waals surface area contributed by atoms with Crippen LogP contribution in [0.4, 0.5) is 5.13 Å². The number of benzene rings is 3. The first-order chi connectivity index (χ1) is 19.1. The minimum Gasteiger partial charge on any atom is -0.497 e. The molecule has 0 saturated carbocycles. The molecular weight excluding hydrogens is 508 g/mol. The van der Waals surface area contributed by atoms with Gasteiger partial charge in [-0.05, 0) is 48.2 Å². The highest BCUT2D eigenvalue weighted by molar-refractivity contribution is 7.18. The first-order valence-electron chi connectivity index (χ1n) is 13.3. The van der Waals surface area contributed by atoms with Crippen molar-refractivity contribution in [3.05, 3.63) is 95.6 Å². The number of methoxy groups -OCH3 is 1. The number of hydrogen-bond donors (Lipinski definition) is 2. The molecule has 0 aliphatic carbocycles. The van der Waals surface area contributed by atoms with Gasteiger partial charge in [0.15, 0.2) is 0 Å². The van der Waals surface area contributed by atoms with E-state index in [0.29, 0.717) is 27.9 Å². The quantitative estimate of drug-likeness (QED) is 0.193. The van der Waals surface area contributed by atoms with Gasteiger partial charge in [0.05, 0.1) is 7.11 Å². The summed E-state index contributed by atoms with van der Waals surface area (Å²) >= 11 is 1.26. The summed E-state index contributed by atoms with van der Waals surface area (Å²) in [7, 11) is 1.61. The number of anilines is 1. The molecule has 0 spiro atoms. The van der Waals surface area contributed by atoms with Crippen molar-refractivity contribution in [3.63, 3.8) is 0 Å². The van der Waals surface area contributed by atoms with Gasteiger partial charge in [-0.3, -0.25) is 14.9 Å². The van der Waals surface area contributed by atoms with Crippen LogP contribution in [0.3, 0.4) is 0 Å². The van der Waals surface area contributed by atoms with E-state index in [2.05, 4.69) is 27.8 Å². The zero-order valence-electron chi connectivity index (χ0n) is 22.4. The molecule has 2 amide bonds. The Bertz CT molecular complexity index is 1360. The molecule has 0 unspecified atom stereocenters. The predicted octanol–water partition coefficient (Wildman–Crippen LogP) is 6.32. The molecule has 4 rings (SSSR count). The largest absolute Gasteiger partial charge is 0.497 e. The van der Waals surface area contributed by atoms with Crippen LogP contribution in [0.1, 0.15) is 54.1 Å². The van der Waals surface area contributed by atoms with Crippen LogP contribution in [0.25, 0.3) is 10.6 Å². The van der Waals surface area contributed by atoms with Gasteiger partial charge in [-0.15, -0.1) is 10.2 Å². The Kier molecular flexibility index (Phi) is 10.2. The number of carbonyl (C=O) groups excluding carboxylic acids is 2. The Morgan fingerprint density at radius 1 is 0.897 bits per heavy atom. The molecular formula is C31H34N4O3S. The van der Waals surface area contributed by atoms with Gasteiger partial charge in [-0.1, -0.05) is 92.1 Å². The predicted molar refractivity (Wildman–Crippen MR) is 156 cm³/mol. The van der Waals surface area contributed by atoms with E-state index in [0.717, 1.165) is 24.0 Å². The number of nitrogens with zero attached hydrogens (tertiary/aromatic N) is 2. The van der Waals surface area contributed by atoms with E-state index in [1.54, 1.807) is 7.11 Å². The van der Waals surface area contributed by atoms with Crippen LogP contribution in [-0.2, 0) is 17.6 Å². The van der Waals surface area contributed by atoms with Gasteiger partial charge in [0.2, 0.25) is 11.0 Å². The molecule has 0 aliphatic heterocycles. The second-order valence-electron chi connectivity index (χ2n) is 9.36. The second-order valence-corrected chi connectivity index (χ2v) is 10.3. The lowest BCUT2D eigenvalue weighted by Gasteiger charge is -2.18. The van der Waals surface area contributed by atoms with Gasteiger partial charge in [0.25, 0.3) is 5.91 Å². The lowest BCUT2D eigenvalue weighted by molar-refractivity contribution is -0.118. The third-order valence-corrected chi connectivity index (χ3v) is 7.30. The van der Waals surface area contributed by atoms with Crippen LogP contribution in [-0.4, -0.2) is 35.2 Å². The Hall–Kier alpha value is -4.04. The van der Waals surface area contributed by atoms with Crippen molar-refractivity contribution in [2.75, 3.05) is 12.4 Å². The number of unbranched alkanes of at least 4 members (excludes halogenated alkanes) is 3. The smallest absolute Gasteiger partial charge is 0.251 e. The zero-order valence-corrected chi connectivity index (χ0v) is 23.2. The number of hydrogen-bond acceptors (Lipinski definition) is 6. The average molecular weight is 543 g/mol. The molecule has 1 aromatic heterocycles. The van der Waals surface area contributed by atoms with Crippen LogP contribution in [0, 0.1) is 0 Å². The second kappa shape index (κ2) is 14.2. The minimum atomic E-state index is -0.794. The fourth-order valence-corrected chi connectivity index (χ4v) is 4.96. The minimum absolute atomic E-state index is 0.294. The number of ether oxygens (including phenoxy) is 1. The van der Waals surface area contributed by atoms with Crippen molar-refractivity contribution in [3.8, 4) is 16.3 Å². The van der Waals surface area contributed by atoms with Crippen molar-refractivity contribution < 1.29 is 14.3 Å². The number of aryl methyl sites for hydroxylation is 1. The van der Waals surface area contributed by atoms with E-state index >= 15 is 0 Å². The normalized spacial score (nSPS) is 11.5. The summed E-state index contributed by atoms with van der Waals surface area (Å²) < 4.78 is 5.29. The highest BCUT2D eigenvalue weighted by Crippen LogP contribution is 2.29. The van der Waals surface area contributed by atoms with Crippen molar-refractivity contribution in [2.45, 2.75) is 51.5 Å². The number of amides is 2. The highest BCUT2D eigenvalue weighted by Gasteiger charge is 2.23. The zero-order chi connectivity index (χ0) is 27.5. The molecule has 1 heterocycles. The Balaban J connectivity index is 1.44. The molecule has 0 radical (unpaired) electrons. The molecule has 7 nitrogen and oxygen atoms in total. The molecule has 0 fully saturated rings. The Morgan fingerprint density at radius 3 is 2.44 bits per heavy atom. The number of nitrogens with one attached hydrogen (secondary N) is 2. The van der Waals surface area contributed by atoms with E-state index in [4.69, 9.17) is 4.74 Å². The molecule has 4 aromatic rings. The van der Waals surface area contributed by atoms with Crippen molar-refractivity contribution >= 4 is 28.3 Å². The number of rotatable bonds is 13. The molecule has 0 saturated heterocycles. The van der Waals surface area contributed by atoms with Gasteiger partial charge in [0, 0.05) is 17.5 Å². The molecule has 1 atom stereocenters. The van der Waals surface area contributed by atoms with E-state index in [9.17, 15) is 9.59 Å². The molecule has 0 aliphatic rings. The van der Waals surface area contributed by atoms with Gasteiger partial charge < -0.3 is 10.1 Å². The fraction of sp³-hybridized carbons (Fsp3) is 0.290. The fourth-order valence-electron chi connectivity index (χ4n) is 4.22. The SMILES string of the molecule is CCCCCCc1ccc(C(=O)N[C@H](Cc2ccccc2)C(=O)Nc2nnc(-c3cccc(OC)c3)s2)cc1. The van der Waals surface area contributed by atoms with E-state index < -0.39 is 6.04 Å². The lowest BCUT2D eigenvalue weighted by Crippen LogP contribution is -2.45. The summed E-state index contributed by atoms with van der Waals surface area (Å²) in [6, 6.07) is 24.0. The molecule has 0 bridgehead atoms. The third-order valence-electron chi connectivity index (χ3n) is 6.41. The van der Waals surface area contributed by atoms with Crippen LogP contribution in [0.5, 0.6) is 5.75 Å². The molecule has 8 heteroatoms. The number of carbonyl (C=O) groups is 2. The monoisotopic (exact) mass is 542 g/mol. The lowest BCUT2D eigenvalue weighted by atomic mass is 10.0. The summed E-state index contributed by atoms with van der Waals surface area (Å²) in [6.45, 7) is 2.20. The first kappa shape index (κ1) is 28.0. The third kappa shape index (κ3) is 8.22. The van der Waals surface area contributed by atoms with Crippen molar-refractivity contribution in [1.29, 1.82) is 0 Å². The van der Waals surface area contributed by atoms with Gasteiger partial charge in [-0.2, -0.15) is 0 Å². The highest BCUT2D eigenvalue weighted by atomic mass is 32.1. The van der Waals surface area contributed by atoms with E-state index in [1.807, 2.05) is 78.9 Å². The molecule has 3 aromatic carbocycles. The van der Waals surface area contributed by atoms with Gasteiger partial charge in [0.1, 0.15) is 16.8 Å². The van der Waals surface area contributed by atoms with Crippen LogP contribution in [0.15, 0.2) is 78.9 Å². The standard InChI is InChI=1S/C31H34N4O3S/c1-3-4-5-7-11-22-16-18-24(19-17-22)28(36)32-27(20-23-12-8-6-9-13-23)29(37)33-31-35-34-30(39-31)25-14-10-15-26(21-25)38-2/h6,8-10,12-19,21,27H,3-5,7,11,20H2,1-2H3,(H,32,36)(H,33,35,37)/t27-/m1/s1. The van der Waals surface area contributed by atoms with Gasteiger partial charge in [-0.25, -0.2) is 0 Å². The molecule has 2 N–H and O–H groups in total. The van der Waals surface area contributed by atoms with Gasteiger partial charge >= 0.3 is 0 Å². The topological polar surface area (TPSA) is 93.2 Å². The Labute approximate surface area is 233 Å². The summed E-state index contributed by atoms with van der Waals surface area (Å²) in [5.74, 6) is 0.0643. The first-order valence-corrected chi connectivity index (χ1v) is 14.1. The Morgan fingerprint density at radius 2 is 1.69 bits per heavy atom. The summed E-state index contributed by atoms with van der Waals surface area (Å²) in [4.78, 5) is 26.5. The summed E-state index contributed by atoms with van der Waals surface area (Å²) in [5, 5.41) is 15.1. The summed E-state index contributed by atoms with van der Waals surface area (Å²) in [6.07, 6.45) is 6.15.